The van der Waals surface area contributed by atoms with Gasteiger partial charge < -0.3 is 11.1 Å². The molecule has 3 heteroatoms. The van der Waals surface area contributed by atoms with Gasteiger partial charge in [-0.25, -0.2) is 0 Å². The number of primary amides is 1. The Morgan fingerprint density at radius 2 is 1.85 bits per heavy atom. The van der Waals surface area contributed by atoms with Gasteiger partial charge in [0.25, 0.3) is 0 Å². The summed E-state index contributed by atoms with van der Waals surface area (Å²) in [6, 6.07) is 0.515. The molecule has 13 heavy (non-hydrogen) atoms. The number of hydrogen-bond acceptors (Lipinski definition) is 2. The van der Waals surface area contributed by atoms with E-state index in [-0.39, 0.29) is 11.9 Å². The van der Waals surface area contributed by atoms with Crippen LogP contribution in [0.2, 0.25) is 0 Å². The summed E-state index contributed by atoms with van der Waals surface area (Å²) in [6.07, 6.45) is 7.38. The zero-order valence-electron chi connectivity index (χ0n) is 7.96. The predicted molar refractivity (Wildman–Crippen MR) is 51.1 cm³/mol. The number of nitrogens with two attached hydrogens (primary N) is 1. The van der Waals surface area contributed by atoms with Gasteiger partial charge in [0.1, 0.15) is 0 Å². The summed E-state index contributed by atoms with van der Waals surface area (Å²) in [5.74, 6) is 0.382. The van der Waals surface area contributed by atoms with Crippen molar-refractivity contribution in [1.82, 2.24) is 5.32 Å². The summed E-state index contributed by atoms with van der Waals surface area (Å²) >= 11 is 0. The Bertz CT molecular complexity index is 195. The number of nitrogens with one attached hydrogen (secondary N) is 1. The SMILES string of the molecule is NC(=O)C(NC1CCCC1)C1CC1. The molecule has 0 radical (unpaired) electrons. The summed E-state index contributed by atoms with van der Waals surface area (Å²) in [4.78, 5) is 11.1. The predicted octanol–water partition coefficient (Wildman–Crippen LogP) is 0.782. The van der Waals surface area contributed by atoms with Crippen LogP contribution in [0.4, 0.5) is 0 Å². The molecule has 0 heterocycles. The Kier molecular flexibility index (Phi) is 2.54. The first-order valence-electron chi connectivity index (χ1n) is 5.33. The Labute approximate surface area is 79.1 Å². The van der Waals surface area contributed by atoms with E-state index in [9.17, 15) is 4.79 Å². The molecule has 74 valence electrons. The average Bonchev–Trinajstić information content (AvgIpc) is 2.79. The molecule has 0 bridgehead atoms. The summed E-state index contributed by atoms with van der Waals surface area (Å²) in [5, 5.41) is 3.40. The highest BCUT2D eigenvalue weighted by atomic mass is 16.1. The fourth-order valence-corrected chi connectivity index (χ4v) is 2.23. The molecular weight excluding hydrogens is 164 g/mol. The lowest BCUT2D eigenvalue weighted by Crippen LogP contribution is -2.47. The summed E-state index contributed by atoms with van der Waals surface area (Å²) < 4.78 is 0. The molecule has 0 aliphatic heterocycles. The summed E-state index contributed by atoms with van der Waals surface area (Å²) in [6.45, 7) is 0. The second kappa shape index (κ2) is 3.66. The highest BCUT2D eigenvalue weighted by Crippen LogP contribution is 2.33. The Morgan fingerprint density at radius 3 is 2.31 bits per heavy atom. The van der Waals surface area contributed by atoms with Crippen molar-refractivity contribution in [3.8, 4) is 0 Å². The first kappa shape index (κ1) is 9.00. The maximum Gasteiger partial charge on any atom is 0.234 e. The molecule has 2 saturated carbocycles. The normalized spacial score (nSPS) is 26.2. The van der Waals surface area contributed by atoms with E-state index in [0.717, 1.165) is 0 Å². The molecule has 0 aromatic rings. The van der Waals surface area contributed by atoms with Crippen LogP contribution in [0.3, 0.4) is 0 Å². The van der Waals surface area contributed by atoms with Gasteiger partial charge >= 0.3 is 0 Å². The topological polar surface area (TPSA) is 55.1 Å². The number of amides is 1. The lowest BCUT2D eigenvalue weighted by atomic mass is 10.1. The van der Waals surface area contributed by atoms with E-state index in [1.165, 1.54) is 38.5 Å². The third-order valence-corrected chi connectivity index (χ3v) is 3.17. The lowest BCUT2D eigenvalue weighted by Gasteiger charge is -2.19. The first-order valence-corrected chi connectivity index (χ1v) is 5.33. The second-order valence-electron chi connectivity index (χ2n) is 4.37. The largest absolute Gasteiger partial charge is 0.368 e. The monoisotopic (exact) mass is 182 g/mol. The molecule has 0 aromatic heterocycles. The number of carbonyl (C=O) groups is 1. The van der Waals surface area contributed by atoms with E-state index in [1.807, 2.05) is 0 Å². The number of rotatable bonds is 4. The van der Waals surface area contributed by atoms with E-state index in [4.69, 9.17) is 5.73 Å². The van der Waals surface area contributed by atoms with Crippen LogP contribution in [0.15, 0.2) is 0 Å². The van der Waals surface area contributed by atoms with Crippen LogP contribution < -0.4 is 11.1 Å². The van der Waals surface area contributed by atoms with Gasteiger partial charge in [-0.05, 0) is 31.6 Å². The number of carbonyl (C=O) groups excluding carboxylic acids is 1. The molecule has 1 amide bonds. The molecule has 0 spiro atoms. The maximum atomic E-state index is 11.1. The zero-order valence-corrected chi connectivity index (χ0v) is 7.96. The highest BCUT2D eigenvalue weighted by molar-refractivity contribution is 5.80. The Morgan fingerprint density at radius 1 is 1.23 bits per heavy atom. The van der Waals surface area contributed by atoms with Crippen molar-refractivity contribution < 1.29 is 4.79 Å². The van der Waals surface area contributed by atoms with Crippen molar-refractivity contribution in [2.24, 2.45) is 11.7 Å². The zero-order chi connectivity index (χ0) is 9.26. The molecule has 2 rings (SSSR count). The molecule has 2 aliphatic rings. The van der Waals surface area contributed by atoms with Gasteiger partial charge in [0.2, 0.25) is 5.91 Å². The van der Waals surface area contributed by atoms with Crippen LogP contribution in [-0.2, 0) is 4.79 Å². The fraction of sp³-hybridized carbons (Fsp3) is 0.900. The molecule has 1 atom stereocenters. The van der Waals surface area contributed by atoms with Crippen molar-refractivity contribution in [2.45, 2.75) is 50.6 Å². The molecule has 2 fully saturated rings. The van der Waals surface area contributed by atoms with Crippen molar-refractivity contribution in [2.75, 3.05) is 0 Å². The fourth-order valence-electron chi connectivity index (χ4n) is 2.23. The van der Waals surface area contributed by atoms with Crippen molar-refractivity contribution in [1.29, 1.82) is 0 Å². The molecule has 1 unspecified atom stereocenters. The quantitative estimate of drug-likeness (QED) is 0.675. The minimum Gasteiger partial charge on any atom is -0.368 e. The smallest absolute Gasteiger partial charge is 0.234 e. The van der Waals surface area contributed by atoms with E-state index in [2.05, 4.69) is 5.32 Å². The van der Waals surface area contributed by atoms with Crippen LogP contribution >= 0.6 is 0 Å². The summed E-state index contributed by atoms with van der Waals surface area (Å²) in [7, 11) is 0. The summed E-state index contributed by atoms with van der Waals surface area (Å²) in [5.41, 5.74) is 5.35. The van der Waals surface area contributed by atoms with Gasteiger partial charge in [-0.15, -0.1) is 0 Å². The minimum atomic E-state index is -0.158. The molecule has 0 saturated heterocycles. The first-order chi connectivity index (χ1) is 6.27. The van der Waals surface area contributed by atoms with Crippen LogP contribution in [0.1, 0.15) is 38.5 Å². The number of hydrogen-bond donors (Lipinski definition) is 2. The highest BCUT2D eigenvalue weighted by Gasteiger charge is 2.36. The van der Waals surface area contributed by atoms with E-state index in [1.54, 1.807) is 0 Å². The van der Waals surface area contributed by atoms with Gasteiger partial charge in [-0.1, -0.05) is 12.8 Å². The molecule has 0 aromatic carbocycles. The average molecular weight is 182 g/mol. The third kappa shape index (κ3) is 2.21. The van der Waals surface area contributed by atoms with Crippen molar-refractivity contribution >= 4 is 5.91 Å². The molecule has 3 N–H and O–H groups in total. The van der Waals surface area contributed by atoms with Gasteiger partial charge in [-0.2, -0.15) is 0 Å². The maximum absolute atomic E-state index is 11.1. The Balaban J connectivity index is 1.84. The van der Waals surface area contributed by atoms with Gasteiger partial charge in [-0.3, -0.25) is 4.79 Å². The van der Waals surface area contributed by atoms with E-state index >= 15 is 0 Å². The van der Waals surface area contributed by atoms with Gasteiger partial charge in [0.05, 0.1) is 6.04 Å². The van der Waals surface area contributed by atoms with Crippen LogP contribution in [0.25, 0.3) is 0 Å². The van der Waals surface area contributed by atoms with Gasteiger partial charge in [0, 0.05) is 6.04 Å². The Hall–Kier alpha value is -0.570. The van der Waals surface area contributed by atoms with Crippen molar-refractivity contribution in [3.63, 3.8) is 0 Å². The van der Waals surface area contributed by atoms with Crippen LogP contribution in [0, 0.1) is 5.92 Å². The van der Waals surface area contributed by atoms with Crippen LogP contribution in [-0.4, -0.2) is 18.0 Å². The molecule has 2 aliphatic carbocycles. The minimum absolute atomic E-state index is 0.0388. The van der Waals surface area contributed by atoms with Crippen LogP contribution in [0.5, 0.6) is 0 Å². The lowest BCUT2D eigenvalue weighted by molar-refractivity contribution is -0.120. The molecule has 3 nitrogen and oxygen atoms in total. The third-order valence-electron chi connectivity index (χ3n) is 3.17. The van der Waals surface area contributed by atoms with E-state index < -0.39 is 0 Å². The standard InChI is InChI=1S/C10H18N2O/c11-10(13)9(7-5-6-7)12-8-3-1-2-4-8/h7-9,12H,1-6H2,(H2,11,13). The van der Waals surface area contributed by atoms with Gasteiger partial charge in [0.15, 0.2) is 0 Å². The van der Waals surface area contributed by atoms with Crippen molar-refractivity contribution in [3.05, 3.63) is 0 Å². The van der Waals surface area contributed by atoms with E-state index in [0.29, 0.717) is 12.0 Å². The second-order valence-corrected chi connectivity index (χ2v) is 4.37. The molecular formula is C10H18N2O.